The summed E-state index contributed by atoms with van der Waals surface area (Å²) in [5, 5.41) is 5.09. The van der Waals surface area contributed by atoms with Crippen LogP contribution in [0.4, 0.5) is 13.2 Å². The predicted molar refractivity (Wildman–Crippen MR) is 102 cm³/mol. The number of alkyl halides is 3. The Hall–Kier alpha value is -3.15. The van der Waals surface area contributed by atoms with E-state index in [1.165, 1.54) is 12.1 Å². The first-order valence-electron chi connectivity index (χ1n) is 8.88. The highest BCUT2D eigenvalue weighted by atomic mass is 19.4. The monoisotopic (exact) mass is 382 g/mol. The zero-order chi connectivity index (χ0) is 20.1. The molecule has 2 heterocycles. The van der Waals surface area contributed by atoms with Crippen LogP contribution in [0.1, 0.15) is 16.8 Å². The molecule has 142 valence electrons. The zero-order valence-electron chi connectivity index (χ0n) is 15.7. The molecule has 0 N–H and O–H groups in total. The number of aromatic nitrogens is 3. The molecule has 2 aromatic heterocycles. The van der Waals surface area contributed by atoms with Crippen LogP contribution in [0.3, 0.4) is 0 Å². The van der Waals surface area contributed by atoms with E-state index in [1.807, 2.05) is 54.8 Å². The third kappa shape index (κ3) is 2.95. The van der Waals surface area contributed by atoms with E-state index in [4.69, 9.17) is 0 Å². The average molecular weight is 382 g/mol. The van der Waals surface area contributed by atoms with Gasteiger partial charge in [0.15, 0.2) is 5.69 Å². The molecule has 0 saturated heterocycles. The molecule has 4 rings (SSSR count). The Kier molecular flexibility index (Phi) is 4.22. The van der Waals surface area contributed by atoms with Gasteiger partial charge in [-0.05, 0) is 31.2 Å². The van der Waals surface area contributed by atoms with Crippen LogP contribution in [0.15, 0.2) is 60.8 Å². The number of rotatable bonds is 2. The lowest BCUT2D eigenvalue weighted by molar-refractivity contribution is -0.575. The fourth-order valence-corrected chi connectivity index (χ4v) is 3.63. The summed E-state index contributed by atoms with van der Waals surface area (Å²) < 4.78 is 44.6. The number of benzene rings is 2. The van der Waals surface area contributed by atoms with Gasteiger partial charge < -0.3 is 0 Å². The van der Waals surface area contributed by atoms with Crippen molar-refractivity contribution >= 4 is 10.9 Å². The van der Waals surface area contributed by atoms with E-state index in [0.29, 0.717) is 16.9 Å². The summed E-state index contributed by atoms with van der Waals surface area (Å²) in [6.45, 7) is 3.75. The van der Waals surface area contributed by atoms with Gasteiger partial charge >= 0.3 is 6.18 Å². The maximum atomic E-state index is 13.7. The lowest BCUT2D eigenvalue weighted by atomic mass is 9.98. The third-order valence-corrected chi connectivity index (χ3v) is 5.08. The number of aryl methyl sites for hydroxylation is 2. The second-order valence-corrected chi connectivity index (χ2v) is 6.87. The molecule has 0 aliphatic rings. The lowest BCUT2D eigenvalue weighted by Crippen LogP contribution is -2.36. The largest absolute Gasteiger partial charge is 0.416 e. The molecule has 0 radical (unpaired) electrons. The van der Waals surface area contributed by atoms with Crippen molar-refractivity contribution in [3.05, 3.63) is 77.6 Å². The molecule has 2 aromatic carbocycles. The van der Waals surface area contributed by atoms with Crippen LogP contribution >= 0.6 is 0 Å². The van der Waals surface area contributed by atoms with Crippen LogP contribution in [0.2, 0.25) is 0 Å². The van der Waals surface area contributed by atoms with E-state index in [0.717, 1.165) is 22.2 Å². The van der Waals surface area contributed by atoms with E-state index in [1.54, 1.807) is 24.0 Å². The first kappa shape index (κ1) is 18.2. The van der Waals surface area contributed by atoms with E-state index in [-0.39, 0.29) is 0 Å². The maximum Gasteiger partial charge on any atom is 0.416 e. The Bertz CT molecular complexity index is 1190. The van der Waals surface area contributed by atoms with Gasteiger partial charge in [-0.15, -0.1) is 0 Å². The Morgan fingerprint density at radius 3 is 2.39 bits per heavy atom. The molecular formula is C22H19F3N3+. The first-order valence-corrected chi connectivity index (χ1v) is 8.88. The van der Waals surface area contributed by atoms with Gasteiger partial charge in [-0.1, -0.05) is 12.1 Å². The van der Waals surface area contributed by atoms with Gasteiger partial charge in [0, 0.05) is 54.9 Å². The number of nitrogens with zero attached hydrogens (tertiary/aromatic N) is 3. The first-order chi connectivity index (χ1) is 13.3. The molecule has 0 bridgehead atoms. The van der Waals surface area contributed by atoms with Gasteiger partial charge in [0.2, 0.25) is 11.2 Å². The maximum absolute atomic E-state index is 13.7. The van der Waals surface area contributed by atoms with Crippen molar-refractivity contribution in [2.45, 2.75) is 20.0 Å². The summed E-state index contributed by atoms with van der Waals surface area (Å²) in [4.78, 5) is 0. The fourth-order valence-electron chi connectivity index (χ4n) is 3.63. The average Bonchev–Trinajstić information content (AvgIpc) is 3.07. The number of halogens is 3. The minimum absolute atomic E-state index is 0.514. The van der Waals surface area contributed by atoms with Crippen LogP contribution < -0.4 is 4.57 Å². The second kappa shape index (κ2) is 6.48. The van der Waals surface area contributed by atoms with Crippen molar-refractivity contribution in [2.24, 2.45) is 7.05 Å². The molecule has 0 aliphatic heterocycles. The molecule has 3 nitrogen and oxygen atoms in total. The van der Waals surface area contributed by atoms with E-state index < -0.39 is 11.7 Å². The molecule has 0 aliphatic carbocycles. The van der Waals surface area contributed by atoms with Crippen LogP contribution in [-0.4, -0.2) is 9.78 Å². The van der Waals surface area contributed by atoms with Gasteiger partial charge in [-0.3, -0.25) is 4.68 Å². The standard InChI is InChI=1S/C22H19F3N3/c1-14-8-9-16-6-4-5-7-19(16)28(14)21-13-17(22(23,24)25)12-18(15(21)2)20-10-11-26-27(20)3/h4-13H,1-3H3/q+1. The van der Waals surface area contributed by atoms with Crippen LogP contribution in [-0.2, 0) is 13.2 Å². The van der Waals surface area contributed by atoms with Gasteiger partial charge in [0.1, 0.15) is 0 Å². The van der Waals surface area contributed by atoms with Crippen molar-refractivity contribution < 1.29 is 17.7 Å². The number of hydrogen-bond donors (Lipinski definition) is 0. The quantitative estimate of drug-likeness (QED) is 0.439. The Balaban J connectivity index is 2.11. The predicted octanol–water partition coefficient (Wildman–Crippen LogP) is 5.15. The van der Waals surface area contributed by atoms with Crippen LogP contribution in [0, 0.1) is 13.8 Å². The number of para-hydroxylation sites is 1. The van der Waals surface area contributed by atoms with Gasteiger partial charge in [-0.25, -0.2) is 0 Å². The van der Waals surface area contributed by atoms with Crippen molar-refractivity contribution in [1.29, 1.82) is 0 Å². The molecule has 6 heteroatoms. The minimum Gasteiger partial charge on any atom is -0.268 e. The van der Waals surface area contributed by atoms with Crippen molar-refractivity contribution in [3.63, 3.8) is 0 Å². The smallest absolute Gasteiger partial charge is 0.268 e. The highest BCUT2D eigenvalue weighted by molar-refractivity contribution is 5.76. The van der Waals surface area contributed by atoms with Crippen LogP contribution in [0.5, 0.6) is 0 Å². The Morgan fingerprint density at radius 2 is 1.71 bits per heavy atom. The summed E-state index contributed by atoms with van der Waals surface area (Å²) in [5.74, 6) is 0. The number of hydrogen-bond acceptors (Lipinski definition) is 1. The summed E-state index contributed by atoms with van der Waals surface area (Å²) in [5.41, 5.74) is 3.48. The Labute approximate surface area is 160 Å². The van der Waals surface area contributed by atoms with Crippen molar-refractivity contribution in [3.8, 4) is 16.9 Å². The summed E-state index contributed by atoms with van der Waals surface area (Å²) in [7, 11) is 1.73. The SMILES string of the molecule is Cc1c(-c2ccnn2C)cc(C(F)(F)F)cc1-[n+]1c(C)ccc2ccccc21. The van der Waals surface area contributed by atoms with E-state index in [9.17, 15) is 13.2 Å². The lowest BCUT2D eigenvalue weighted by Gasteiger charge is -2.15. The van der Waals surface area contributed by atoms with E-state index in [2.05, 4.69) is 5.10 Å². The molecule has 28 heavy (non-hydrogen) atoms. The van der Waals surface area contributed by atoms with Gasteiger partial charge in [0.25, 0.3) is 0 Å². The number of pyridine rings is 1. The molecule has 0 fully saturated rings. The summed E-state index contributed by atoms with van der Waals surface area (Å²) >= 11 is 0. The highest BCUT2D eigenvalue weighted by Crippen LogP contribution is 2.36. The summed E-state index contributed by atoms with van der Waals surface area (Å²) in [6, 6.07) is 15.8. The molecule has 4 aromatic rings. The zero-order valence-corrected chi connectivity index (χ0v) is 15.7. The second-order valence-electron chi connectivity index (χ2n) is 6.87. The van der Waals surface area contributed by atoms with Crippen molar-refractivity contribution in [2.75, 3.05) is 0 Å². The van der Waals surface area contributed by atoms with E-state index >= 15 is 0 Å². The fraction of sp³-hybridized carbons (Fsp3) is 0.182. The highest BCUT2D eigenvalue weighted by Gasteiger charge is 2.34. The number of fused-ring (bicyclic) bond motifs is 1. The van der Waals surface area contributed by atoms with Gasteiger partial charge in [0.05, 0.1) is 11.3 Å². The molecule has 0 spiro atoms. The summed E-state index contributed by atoms with van der Waals surface area (Å²) in [6.07, 6.45) is -2.86. The van der Waals surface area contributed by atoms with Crippen molar-refractivity contribution in [1.82, 2.24) is 9.78 Å². The molecule has 0 unspecified atom stereocenters. The Morgan fingerprint density at radius 1 is 0.964 bits per heavy atom. The normalized spacial score (nSPS) is 11.9. The molecule has 0 atom stereocenters. The molecule has 0 saturated carbocycles. The third-order valence-electron chi connectivity index (χ3n) is 5.08. The molecule has 0 amide bonds. The van der Waals surface area contributed by atoms with Crippen LogP contribution in [0.25, 0.3) is 27.8 Å². The van der Waals surface area contributed by atoms with Gasteiger partial charge in [-0.2, -0.15) is 22.8 Å². The minimum atomic E-state index is -4.45. The molecular weight excluding hydrogens is 363 g/mol. The topological polar surface area (TPSA) is 21.7 Å².